The van der Waals surface area contributed by atoms with Gasteiger partial charge in [-0.15, -0.1) is 0 Å². The molecule has 0 radical (unpaired) electrons. The minimum absolute atomic E-state index is 0.0756. The van der Waals surface area contributed by atoms with Crippen LogP contribution in [0.4, 0.5) is 4.39 Å². The Morgan fingerprint density at radius 1 is 1.11 bits per heavy atom. The third-order valence-electron chi connectivity index (χ3n) is 5.47. The summed E-state index contributed by atoms with van der Waals surface area (Å²) in [7, 11) is 0. The van der Waals surface area contributed by atoms with E-state index in [1.165, 1.54) is 12.1 Å². The van der Waals surface area contributed by atoms with Crippen LogP contribution in [0.3, 0.4) is 0 Å². The smallest absolute Gasteiger partial charge is 0.227 e. The fourth-order valence-corrected chi connectivity index (χ4v) is 4.06. The van der Waals surface area contributed by atoms with Crippen molar-refractivity contribution in [3.8, 4) is 0 Å². The summed E-state index contributed by atoms with van der Waals surface area (Å²) in [5.74, 6) is 0.122. The Kier molecular flexibility index (Phi) is 5.30. The molecule has 27 heavy (non-hydrogen) atoms. The number of benzene rings is 1. The fourth-order valence-electron chi connectivity index (χ4n) is 4.06. The molecule has 1 aromatic heterocycles. The molecule has 3 aliphatic heterocycles. The van der Waals surface area contributed by atoms with E-state index in [0.717, 1.165) is 43.7 Å². The molecule has 0 saturated carbocycles. The number of carbonyl (C=O) groups excluding carboxylic acids is 1. The van der Waals surface area contributed by atoms with Crippen molar-refractivity contribution in [1.82, 2.24) is 14.8 Å². The van der Waals surface area contributed by atoms with Crippen LogP contribution in [0.25, 0.3) is 6.08 Å². The van der Waals surface area contributed by atoms with E-state index >= 15 is 0 Å². The summed E-state index contributed by atoms with van der Waals surface area (Å²) in [6, 6.07) is 12.6. The van der Waals surface area contributed by atoms with Crippen molar-refractivity contribution in [3.63, 3.8) is 0 Å². The van der Waals surface area contributed by atoms with E-state index in [0.29, 0.717) is 6.54 Å². The quantitative estimate of drug-likeness (QED) is 0.815. The topological polar surface area (TPSA) is 36.4 Å². The predicted octanol–water partition coefficient (Wildman–Crippen LogP) is 3.36. The molecule has 0 spiro atoms. The Morgan fingerprint density at radius 2 is 1.96 bits per heavy atom. The van der Waals surface area contributed by atoms with Crippen molar-refractivity contribution in [2.45, 2.75) is 25.4 Å². The maximum absolute atomic E-state index is 13.0. The van der Waals surface area contributed by atoms with Gasteiger partial charge in [-0.3, -0.25) is 14.7 Å². The maximum atomic E-state index is 13.0. The van der Waals surface area contributed by atoms with Gasteiger partial charge in [-0.1, -0.05) is 30.4 Å². The van der Waals surface area contributed by atoms with E-state index in [-0.39, 0.29) is 23.7 Å². The molecule has 2 atom stereocenters. The van der Waals surface area contributed by atoms with Gasteiger partial charge in [0, 0.05) is 31.9 Å². The molecule has 0 unspecified atom stereocenters. The molecule has 3 fully saturated rings. The first-order valence-corrected chi connectivity index (χ1v) is 9.54. The number of hydrogen-bond donors (Lipinski definition) is 0. The number of pyridine rings is 1. The standard InChI is InChI=1S/C22H24FN3O/c23-19-9-6-17(7-10-19)4-3-13-25-14-18-8-11-21(16-25)26(22(18)27)15-20-5-1-2-12-24-20/h1-7,9-10,12,18,21H,8,11,13-16H2/t18-,21+/m0/s1. The molecular formula is C22H24FN3O. The summed E-state index contributed by atoms with van der Waals surface area (Å²) in [5, 5.41) is 0. The molecule has 0 aliphatic carbocycles. The molecule has 5 heteroatoms. The zero-order chi connectivity index (χ0) is 18.6. The number of nitrogens with zero attached hydrogens (tertiary/aromatic N) is 3. The van der Waals surface area contributed by atoms with Crippen LogP contribution in [-0.2, 0) is 11.3 Å². The van der Waals surface area contributed by atoms with Crippen molar-refractivity contribution < 1.29 is 9.18 Å². The first-order chi connectivity index (χ1) is 13.2. The van der Waals surface area contributed by atoms with Gasteiger partial charge in [0.25, 0.3) is 0 Å². The minimum Gasteiger partial charge on any atom is -0.332 e. The van der Waals surface area contributed by atoms with Crippen LogP contribution in [0.1, 0.15) is 24.1 Å². The van der Waals surface area contributed by atoms with Crippen molar-refractivity contribution in [3.05, 3.63) is 71.8 Å². The monoisotopic (exact) mass is 365 g/mol. The zero-order valence-electron chi connectivity index (χ0n) is 15.3. The Hall–Kier alpha value is -2.53. The van der Waals surface area contributed by atoms with Crippen LogP contribution in [0.15, 0.2) is 54.7 Å². The number of fused-ring (bicyclic) bond motifs is 4. The summed E-state index contributed by atoms with van der Waals surface area (Å²) in [6.45, 7) is 3.10. The van der Waals surface area contributed by atoms with Gasteiger partial charge in [0.2, 0.25) is 5.91 Å². The molecule has 4 heterocycles. The lowest BCUT2D eigenvalue weighted by molar-refractivity contribution is -0.140. The molecule has 1 amide bonds. The van der Waals surface area contributed by atoms with E-state index in [9.17, 15) is 9.18 Å². The van der Waals surface area contributed by atoms with Crippen molar-refractivity contribution in [2.75, 3.05) is 19.6 Å². The van der Waals surface area contributed by atoms with Crippen LogP contribution in [0, 0.1) is 11.7 Å². The number of amides is 1. The van der Waals surface area contributed by atoms with Gasteiger partial charge in [-0.05, 0) is 42.7 Å². The lowest BCUT2D eigenvalue weighted by atomic mass is 9.94. The summed E-state index contributed by atoms with van der Waals surface area (Å²) in [5.41, 5.74) is 1.93. The first kappa shape index (κ1) is 17.9. The molecule has 2 aromatic rings. The largest absolute Gasteiger partial charge is 0.332 e. The Bertz CT molecular complexity index is 806. The second-order valence-corrected chi connectivity index (χ2v) is 7.39. The predicted molar refractivity (Wildman–Crippen MR) is 103 cm³/mol. The van der Waals surface area contributed by atoms with Crippen molar-refractivity contribution in [2.24, 2.45) is 5.92 Å². The summed E-state index contributed by atoms with van der Waals surface area (Å²) in [4.78, 5) is 21.7. The fraction of sp³-hybridized carbons (Fsp3) is 0.364. The summed E-state index contributed by atoms with van der Waals surface area (Å²) in [6.07, 6.45) is 7.93. The van der Waals surface area contributed by atoms with Gasteiger partial charge in [-0.25, -0.2) is 4.39 Å². The van der Waals surface area contributed by atoms with E-state index in [2.05, 4.69) is 16.0 Å². The van der Waals surface area contributed by atoms with Crippen molar-refractivity contribution in [1.29, 1.82) is 0 Å². The molecule has 0 N–H and O–H groups in total. The molecule has 3 saturated heterocycles. The van der Waals surface area contributed by atoms with Gasteiger partial charge in [0.1, 0.15) is 5.82 Å². The highest BCUT2D eigenvalue weighted by Crippen LogP contribution is 2.30. The lowest BCUT2D eigenvalue weighted by Gasteiger charge is -2.35. The van der Waals surface area contributed by atoms with Crippen molar-refractivity contribution >= 4 is 12.0 Å². The van der Waals surface area contributed by atoms with Gasteiger partial charge < -0.3 is 4.90 Å². The third kappa shape index (κ3) is 4.25. The van der Waals surface area contributed by atoms with Crippen LogP contribution < -0.4 is 0 Å². The molecule has 1 aromatic carbocycles. The van der Waals surface area contributed by atoms with E-state index in [1.807, 2.05) is 29.2 Å². The number of piperidine rings is 1. The second-order valence-electron chi connectivity index (χ2n) is 7.39. The van der Waals surface area contributed by atoms with E-state index in [4.69, 9.17) is 0 Å². The van der Waals surface area contributed by atoms with Gasteiger partial charge in [0.05, 0.1) is 18.2 Å². The van der Waals surface area contributed by atoms with Crippen LogP contribution in [-0.4, -0.2) is 46.4 Å². The molecule has 5 rings (SSSR count). The molecular weight excluding hydrogens is 341 g/mol. The summed E-state index contributed by atoms with van der Waals surface area (Å²) < 4.78 is 13.0. The molecule has 2 bridgehead atoms. The molecule has 4 nitrogen and oxygen atoms in total. The first-order valence-electron chi connectivity index (χ1n) is 9.54. The molecule has 3 aliphatic rings. The minimum atomic E-state index is -0.220. The highest BCUT2D eigenvalue weighted by molar-refractivity contribution is 5.80. The Morgan fingerprint density at radius 3 is 2.74 bits per heavy atom. The molecule has 140 valence electrons. The number of carbonyl (C=O) groups is 1. The van der Waals surface area contributed by atoms with Crippen LogP contribution in [0.5, 0.6) is 0 Å². The van der Waals surface area contributed by atoms with Gasteiger partial charge >= 0.3 is 0 Å². The average molecular weight is 365 g/mol. The Labute approximate surface area is 159 Å². The lowest BCUT2D eigenvalue weighted by Crippen LogP contribution is -2.47. The van der Waals surface area contributed by atoms with Crippen LogP contribution in [0.2, 0.25) is 0 Å². The summed E-state index contributed by atoms with van der Waals surface area (Å²) >= 11 is 0. The SMILES string of the molecule is O=C1[C@H]2CC[C@H](CN(CC=Cc3ccc(F)cc3)C2)N1Cc1ccccn1. The van der Waals surface area contributed by atoms with Gasteiger partial charge in [0.15, 0.2) is 0 Å². The van der Waals surface area contributed by atoms with Gasteiger partial charge in [-0.2, -0.15) is 0 Å². The van der Waals surface area contributed by atoms with E-state index in [1.54, 1.807) is 18.3 Å². The number of aromatic nitrogens is 1. The highest BCUT2D eigenvalue weighted by Gasteiger charge is 2.40. The second kappa shape index (κ2) is 8.01. The number of hydrogen-bond acceptors (Lipinski definition) is 3. The third-order valence-corrected chi connectivity index (χ3v) is 5.47. The number of rotatable bonds is 5. The normalized spacial score (nSPS) is 23.1. The van der Waals surface area contributed by atoms with E-state index < -0.39 is 0 Å². The average Bonchev–Trinajstić information content (AvgIpc) is 2.96. The number of halogens is 1. The van der Waals surface area contributed by atoms with Crippen LogP contribution >= 0.6 is 0 Å². The zero-order valence-corrected chi connectivity index (χ0v) is 15.3. The Balaban J connectivity index is 1.41. The maximum Gasteiger partial charge on any atom is 0.227 e. The highest BCUT2D eigenvalue weighted by atomic mass is 19.1.